The Morgan fingerprint density at radius 3 is 2.57 bits per heavy atom. The second-order valence-corrected chi connectivity index (χ2v) is 5.60. The minimum absolute atomic E-state index is 0.0471. The van der Waals surface area contributed by atoms with Crippen molar-refractivity contribution in [3.63, 3.8) is 0 Å². The normalized spacial score (nSPS) is 13.2. The fraction of sp³-hybridized carbons (Fsp3) is 0.333. The molecule has 0 spiro atoms. The van der Waals surface area contributed by atoms with Gasteiger partial charge in [0.05, 0.1) is 0 Å². The molecule has 8 heteroatoms. The summed E-state index contributed by atoms with van der Waals surface area (Å²) >= 11 is 5.81. The average molecular weight is 336 g/mol. The van der Waals surface area contributed by atoms with E-state index in [9.17, 15) is 9.59 Å². The summed E-state index contributed by atoms with van der Waals surface area (Å²) in [6, 6.07) is 5.79. The Balaban J connectivity index is 2.10. The van der Waals surface area contributed by atoms with Crippen molar-refractivity contribution in [1.82, 2.24) is 20.5 Å². The van der Waals surface area contributed by atoms with Crippen LogP contribution >= 0.6 is 11.6 Å². The van der Waals surface area contributed by atoms with Crippen LogP contribution < -0.4 is 10.6 Å². The average Bonchev–Trinajstić information content (AvgIpc) is 3.05. The van der Waals surface area contributed by atoms with Crippen LogP contribution in [0.25, 0.3) is 0 Å². The van der Waals surface area contributed by atoms with Gasteiger partial charge in [0.1, 0.15) is 12.4 Å². The van der Waals surface area contributed by atoms with Crippen LogP contribution in [0.1, 0.15) is 30.6 Å². The Morgan fingerprint density at radius 1 is 1.30 bits per heavy atom. The number of amides is 2. The smallest absolute Gasteiger partial charge is 0.251 e. The van der Waals surface area contributed by atoms with Crippen LogP contribution in [0.5, 0.6) is 0 Å². The molecule has 122 valence electrons. The maximum absolute atomic E-state index is 12.4. The summed E-state index contributed by atoms with van der Waals surface area (Å²) in [5.74, 6) is -0.490. The molecule has 1 aromatic heterocycles. The van der Waals surface area contributed by atoms with Gasteiger partial charge < -0.3 is 5.32 Å². The van der Waals surface area contributed by atoms with Crippen molar-refractivity contribution < 1.29 is 9.59 Å². The molecule has 0 aliphatic rings. The number of anilines is 1. The molecule has 23 heavy (non-hydrogen) atoms. The maximum Gasteiger partial charge on any atom is 0.251 e. The summed E-state index contributed by atoms with van der Waals surface area (Å²) in [5.41, 5.74) is 0.440. The summed E-state index contributed by atoms with van der Waals surface area (Å²) in [6.07, 6.45) is 2.02. The molecule has 0 saturated heterocycles. The molecule has 0 bridgehead atoms. The predicted octanol–water partition coefficient (Wildman–Crippen LogP) is 2.24. The number of carbonyl (C=O) groups is 2. The first-order valence-electron chi connectivity index (χ1n) is 7.24. The van der Waals surface area contributed by atoms with Gasteiger partial charge in [-0.3, -0.25) is 14.9 Å². The van der Waals surface area contributed by atoms with E-state index in [1.165, 1.54) is 6.33 Å². The lowest BCUT2D eigenvalue weighted by atomic mass is 9.98. The third-order valence-corrected chi connectivity index (χ3v) is 3.80. The number of hydrogen-bond donors (Lipinski definition) is 3. The number of H-pyrrole nitrogens is 1. The molecule has 2 unspecified atom stereocenters. The van der Waals surface area contributed by atoms with E-state index in [4.69, 9.17) is 11.6 Å². The van der Waals surface area contributed by atoms with Crippen LogP contribution in [0.15, 0.2) is 30.6 Å². The third-order valence-electron chi connectivity index (χ3n) is 3.55. The van der Waals surface area contributed by atoms with Gasteiger partial charge in [-0.25, -0.2) is 5.10 Å². The number of aromatic nitrogens is 3. The van der Waals surface area contributed by atoms with Gasteiger partial charge in [0.25, 0.3) is 5.91 Å². The van der Waals surface area contributed by atoms with Crippen molar-refractivity contribution in [1.29, 1.82) is 0 Å². The first kappa shape index (κ1) is 17.0. The molecule has 2 aromatic rings. The minimum atomic E-state index is -0.687. The summed E-state index contributed by atoms with van der Waals surface area (Å²) in [5, 5.41) is 12.1. The molecule has 2 amide bonds. The quantitative estimate of drug-likeness (QED) is 0.753. The molecular formula is C15H18ClN5O2. The van der Waals surface area contributed by atoms with E-state index in [0.717, 1.165) is 6.42 Å². The van der Waals surface area contributed by atoms with E-state index in [0.29, 0.717) is 10.6 Å². The monoisotopic (exact) mass is 335 g/mol. The van der Waals surface area contributed by atoms with Crippen molar-refractivity contribution >= 4 is 29.4 Å². The number of nitrogens with zero attached hydrogens (tertiary/aromatic N) is 2. The van der Waals surface area contributed by atoms with E-state index < -0.39 is 6.04 Å². The van der Waals surface area contributed by atoms with E-state index >= 15 is 0 Å². The molecule has 2 rings (SSSR count). The molecule has 0 radical (unpaired) electrons. The van der Waals surface area contributed by atoms with Crippen LogP contribution in [0, 0.1) is 5.92 Å². The highest BCUT2D eigenvalue weighted by Crippen LogP contribution is 2.13. The van der Waals surface area contributed by atoms with Gasteiger partial charge in [0, 0.05) is 10.6 Å². The standard InChI is InChI=1S/C15H18ClN5O2/c1-3-9(2)12(14(23)20-15-17-8-18-21-15)19-13(22)10-4-6-11(16)7-5-10/h4-9,12H,3H2,1-2H3,(H,19,22)(H2,17,18,20,21,23). The van der Waals surface area contributed by atoms with Gasteiger partial charge in [-0.05, 0) is 30.2 Å². The molecule has 2 atom stereocenters. The highest BCUT2D eigenvalue weighted by molar-refractivity contribution is 6.30. The topological polar surface area (TPSA) is 99.8 Å². The first-order valence-corrected chi connectivity index (χ1v) is 7.61. The maximum atomic E-state index is 12.4. The zero-order chi connectivity index (χ0) is 16.8. The molecule has 7 nitrogen and oxygen atoms in total. The Kier molecular flexibility index (Phi) is 5.70. The lowest BCUT2D eigenvalue weighted by molar-refractivity contribution is -0.119. The zero-order valence-electron chi connectivity index (χ0n) is 12.8. The molecule has 3 N–H and O–H groups in total. The fourth-order valence-corrected chi connectivity index (χ4v) is 2.11. The van der Waals surface area contributed by atoms with E-state index in [2.05, 4.69) is 25.8 Å². The SMILES string of the molecule is CCC(C)C(NC(=O)c1ccc(Cl)cc1)C(=O)Nc1ncn[nH]1. The van der Waals surface area contributed by atoms with Crippen molar-refractivity contribution in [3.8, 4) is 0 Å². The Bertz CT molecular complexity index is 657. The van der Waals surface area contributed by atoms with E-state index in [1.54, 1.807) is 24.3 Å². The van der Waals surface area contributed by atoms with Gasteiger partial charge in [-0.15, -0.1) is 0 Å². The van der Waals surface area contributed by atoms with Gasteiger partial charge in [-0.1, -0.05) is 31.9 Å². The van der Waals surface area contributed by atoms with E-state index in [1.807, 2.05) is 13.8 Å². The number of hydrogen-bond acceptors (Lipinski definition) is 4. The summed E-state index contributed by atoms with van der Waals surface area (Å²) in [4.78, 5) is 28.6. The number of benzene rings is 1. The number of nitrogens with one attached hydrogen (secondary N) is 3. The van der Waals surface area contributed by atoms with Crippen molar-refractivity contribution in [2.24, 2.45) is 5.92 Å². The van der Waals surface area contributed by atoms with Crippen LogP contribution in [0.2, 0.25) is 5.02 Å². The fourth-order valence-electron chi connectivity index (χ4n) is 1.99. The molecule has 1 aromatic carbocycles. The number of carbonyl (C=O) groups excluding carboxylic acids is 2. The van der Waals surface area contributed by atoms with Crippen LogP contribution in [-0.4, -0.2) is 33.0 Å². The van der Waals surface area contributed by atoms with Gasteiger partial charge in [0.2, 0.25) is 11.9 Å². The highest BCUT2D eigenvalue weighted by Gasteiger charge is 2.26. The number of aromatic amines is 1. The Morgan fingerprint density at radius 2 is 2.00 bits per heavy atom. The van der Waals surface area contributed by atoms with Crippen LogP contribution in [0.3, 0.4) is 0 Å². The molecule has 1 heterocycles. The largest absolute Gasteiger partial charge is 0.340 e. The van der Waals surface area contributed by atoms with Gasteiger partial charge in [-0.2, -0.15) is 10.1 Å². The van der Waals surface area contributed by atoms with Gasteiger partial charge in [0.15, 0.2) is 0 Å². The minimum Gasteiger partial charge on any atom is -0.340 e. The summed E-state index contributed by atoms with van der Waals surface area (Å²) in [6.45, 7) is 3.85. The Labute approximate surface area is 138 Å². The number of halogens is 1. The molecule has 0 aliphatic heterocycles. The van der Waals surface area contributed by atoms with Gasteiger partial charge >= 0.3 is 0 Å². The third kappa shape index (κ3) is 4.53. The molecule has 0 aliphatic carbocycles. The second-order valence-electron chi connectivity index (χ2n) is 5.17. The predicted molar refractivity (Wildman–Crippen MR) is 87.2 cm³/mol. The number of rotatable bonds is 6. The zero-order valence-corrected chi connectivity index (χ0v) is 13.6. The van der Waals surface area contributed by atoms with Crippen molar-refractivity contribution in [3.05, 3.63) is 41.2 Å². The Hall–Kier alpha value is -2.41. The second kappa shape index (κ2) is 7.73. The summed E-state index contributed by atoms with van der Waals surface area (Å²) < 4.78 is 0. The van der Waals surface area contributed by atoms with Crippen LogP contribution in [0.4, 0.5) is 5.95 Å². The van der Waals surface area contributed by atoms with Crippen molar-refractivity contribution in [2.75, 3.05) is 5.32 Å². The van der Waals surface area contributed by atoms with Crippen molar-refractivity contribution in [2.45, 2.75) is 26.3 Å². The summed E-state index contributed by atoms with van der Waals surface area (Å²) in [7, 11) is 0. The highest BCUT2D eigenvalue weighted by atomic mass is 35.5. The lowest BCUT2D eigenvalue weighted by Crippen LogP contribution is -2.47. The molecule has 0 saturated carbocycles. The molecule has 0 fully saturated rings. The molecular weight excluding hydrogens is 318 g/mol. The van der Waals surface area contributed by atoms with Crippen LogP contribution in [-0.2, 0) is 4.79 Å². The first-order chi connectivity index (χ1) is 11.0. The lowest BCUT2D eigenvalue weighted by Gasteiger charge is -2.23. The van der Waals surface area contributed by atoms with E-state index in [-0.39, 0.29) is 23.7 Å².